The van der Waals surface area contributed by atoms with Gasteiger partial charge in [0.05, 0.1) is 0 Å². The van der Waals surface area contributed by atoms with Crippen LogP contribution in [0.3, 0.4) is 0 Å². The van der Waals surface area contributed by atoms with Crippen LogP contribution in [0, 0.1) is 5.41 Å². The third-order valence-electron chi connectivity index (χ3n) is 5.49. The highest BCUT2D eigenvalue weighted by Crippen LogP contribution is 2.43. The number of rotatable bonds is 3. The molecule has 0 amide bonds. The highest BCUT2D eigenvalue weighted by Gasteiger charge is 2.40. The second-order valence-corrected chi connectivity index (χ2v) is 7.12. The molecule has 2 aliphatic heterocycles. The Morgan fingerprint density at radius 2 is 1.94 bits per heavy atom. The third-order valence-corrected chi connectivity index (χ3v) is 6.68. The van der Waals surface area contributed by atoms with Crippen molar-refractivity contribution in [2.75, 3.05) is 32.0 Å². The standard InChI is InChI=1S/C14H25BrN2/c1-16-12-3-4-13(16)9-17(8-5-12)11-14(10-15)6-2-7-14/h12-13H,2-11H2,1H3. The van der Waals surface area contributed by atoms with E-state index in [0.29, 0.717) is 5.41 Å². The Balaban J connectivity index is 1.61. The zero-order valence-corrected chi connectivity index (χ0v) is 12.6. The number of likely N-dealkylation sites (N-methyl/N-ethyl adjacent to an activating group) is 1. The molecule has 0 radical (unpaired) electrons. The number of nitrogens with zero attached hydrogens (tertiary/aromatic N) is 2. The lowest BCUT2D eigenvalue weighted by molar-refractivity contribution is 0.0852. The molecule has 2 atom stereocenters. The summed E-state index contributed by atoms with van der Waals surface area (Å²) in [5.74, 6) is 0. The summed E-state index contributed by atoms with van der Waals surface area (Å²) in [5.41, 5.74) is 0.627. The quantitative estimate of drug-likeness (QED) is 0.740. The molecule has 3 heteroatoms. The van der Waals surface area contributed by atoms with Crippen LogP contribution in [0.2, 0.25) is 0 Å². The van der Waals surface area contributed by atoms with E-state index in [1.165, 1.54) is 63.5 Å². The molecule has 2 nitrogen and oxygen atoms in total. The van der Waals surface area contributed by atoms with Crippen LogP contribution < -0.4 is 0 Å². The highest BCUT2D eigenvalue weighted by atomic mass is 79.9. The highest BCUT2D eigenvalue weighted by molar-refractivity contribution is 9.09. The Bertz CT molecular complexity index is 272. The van der Waals surface area contributed by atoms with E-state index in [1.807, 2.05) is 0 Å². The molecular weight excluding hydrogens is 276 g/mol. The molecule has 0 aromatic heterocycles. The van der Waals surface area contributed by atoms with E-state index < -0.39 is 0 Å². The first-order valence-electron chi connectivity index (χ1n) is 7.23. The molecule has 3 fully saturated rings. The predicted molar refractivity (Wildman–Crippen MR) is 75.7 cm³/mol. The summed E-state index contributed by atoms with van der Waals surface area (Å²) in [6.45, 7) is 4.00. The van der Waals surface area contributed by atoms with Gasteiger partial charge in [0.25, 0.3) is 0 Å². The van der Waals surface area contributed by atoms with Crippen LogP contribution in [0.4, 0.5) is 0 Å². The van der Waals surface area contributed by atoms with Gasteiger partial charge in [-0.15, -0.1) is 0 Å². The first-order chi connectivity index (χ1) is 8.22. The van der Waals surface area contributed by atoms with E-state index in [1.54, 1.807) is 0 Å². The van der Waals surface area contributed by atoms with Gasteiger partial charge in [0.15, 0.2) is 0 Å². The van der Waals surface area contributed by atoms with Crippen LogP contribution in [0.5, 0.6) is 0 Å². The fraction of sp³-hybridized carbons (Fsp3) is 1.00. The van der Waals surface area contributed by atoms with Crippen LogP contribution in [0.1, 0.15) is 38.5 Å². The second-order valence-electron chi connectivity index (χ2n) is 6.56. The summed E-state index contributed by atoms with van der Waals surface area (Å²) in [7, 11) is 2.34. The Morgan fingerprint density at radius 3 is 2.59 bits per heavy atom. The van der Waals surface area contributed by atoms with Crippen molar-refractivity contribution in [2.45, 2.75) is 50.6 Å². The summed E-state index contributed by atoms with van der Waals surface area (Å²) >= 11 is 3.75. The lowest BCUT2D eigenvalue weighted by atomic mass is 9.70. The van der Waals surface area contributed by atoms with Crippen LogP contribution in [0.25, 0.3) is 0 Å². The summed E-state index contributed by atoms with van der Waals surface area (Å²) in [4.78, 5) is 5.42. The lowest BCUT2D eigenvalue weighted by Gasteiger charge is -2.44. The van der Waals surface area contributed by atoms with Crippen LogP contribution >= 0.6 is 15.9 Å². The number of fused-ring (bicyclic) bond motifs is 2. The van der Waals surface area contributed by atoms with Crippen molar-refractivity contribution in [3.8, 4) is 0 Å². The van der Waals surface area contributed by atoms with Crippen molar-refractivity contribution in [3.63, 3.8) is 0 Å². The van der Waals surface area contributed by atoms with Gasteiger partial charge in [0.1, 0.15) is 0 Å². The second kappa shape index (κ2) is 4.82. The van der Waals surface area contributed by atoms with Gasteiger partial charge in [-0.2, -0.15) is 0 Å². The number of hydrogen-bond donors (Lipinski definition) is 0. The van der Waals surface area contributed by atoms with Crippen LogP contribution in [0.15, 0.2) is 0 Å². The minimum atomic E-state index is 0.627. The fourth-order valence-electron chi connectivity index (χ4n) is 4.01. The molecule has 0 N–H and O–H groups in total. The fourth-order valence-corrected chi connectivity index (χ4v) is 4.75. The zero-order chi connectivity index (χ0) is 11.9. The van der Waals surface area contributed by atoms with Gasteiger partial charge >= 0.3 is 0 Å². The van der Waals surface area contributed by atoms with Gasteiger partial charge in [0.2, 0.25) is 0 Å². The number of likely N-dealkylation sites (tertiary alicyclic amines) is 1. The first kappa shape index (κ1) is 12.4. The molecule has 0 aromatic carbocycles. The summed E-state index contributed by atoms with van der Waals surface area (Å²) < 4.78 is 0. The summed E-state index contributed by atoms with van der Waals surface area (Å²) in [6.07, 6.45) is 8.60. The minimum Gasteiger partial charge on any atom is -0.301 e. The van der Waals surface area contributed by atoms with Crippen molar-refractivity contribution < 1.29 is 0 Å². The van der Waals surface area contributed by atoms with Gasteiger partial charge in [-0.25, -0.2) is 0 Å². The molecule has 1 aliphatic carbocycles. The van der Waals surface area contributed by atoms with Crippen molar-refractivity contribution in [1.29, 1.82) is 0 Å². The predicted octanol–water partition coefficient (Wildman–Crippen LogP) is 2.72. The molecular formula is C14H25BrN2. The largest absolute Gasteiger partial charge is 0.301 e. The molecule has 2 bridgehead atoms. The maximum absolute atomic E-state index is 3.75. The third kappa shape index (κ3) is 2.31. The maximum atomic E-state index is 3.75. The molecule has 2 unspecified atom stereocenters. The van der Waals surface area contributed by atoms with Crippen LogP contribution in [-0.4, -0.2) is 53.9 Å². The van der Waals surface area contributed by atoms with Gasteiger partial charge in [0, 0.05) is 30.5 Å². The summed E-state index contributed by atoms with van der Waals surface area (Å²) in [5, 5.41) is 1.21. The monoisotopic (exact) mass is 300 g/mol. The molecule has 2 heterocycles. The smallest absolute Gasteiger partial charge is 0.0223 e. The van der Waals surface area contributed by atoms with E-state index in [9.17, 15) is 0 Å². The Morgan fingerprint density at radius 1 is 1.18 bits per heavy atom. The average molecular weight is 301 g/mol. The normalized spacial score (nSPS) is 37.8. The Labute approximate surface area is 114 Å². The molecule has 1 saturated carbocycles. The van der Waals surface area contributed by atoms with Crippen molar-refractivity contribution >= 4 is 15.9 Å². The SMILES string of the molecule is CN1C2CCC1CN(CC1(CBr)CCC1)CC2. The molecule has 98 valence electrons. The van der Waals surface area contributed by atoms with E-state index >= 15 is 0 Å². The van der Waals surface area contributed by atoms with E-state index in [2.05, 4.69) is 32.8 Å². The molecule has 17 heavy (non-hydrogen) atoms. The van der Waals surface area contributed by atoms with Gasteiger partial charge in [-0.1, -0.05) is 22.4 Å². The number of alkyl halides is 1. The van der Waals surface area contributed by atoms with Crippen molar-refractivity contribution in [3.05, 3.63) is 0 Å². The van der Waals surface area contributed by atoms with Gasteiger partial charge < -0.3 is 4.90 Å². The number of hydrogen-bond acceptors (Lipinski definition) is 2. The Hall–Kier alpha value is 0.400. The minimum absolute atomic E-state index is 0.627. The van der Waals surface area contributed by atoms with Gasteiger partial charge in [-0.05, 0) is 51.1 Å². The topological polar surface area (TPSA) is 6.48 Å². The molecule has 0 spiro atoms. The molecule has 2 saturated heterocycles. The van der Waals surface area contributed by atoms with Crippen LogP contribution in [-0.2, 0) is 0 Å². The molecule has 0 aromatic rings. The van der Waals surface area contributed by atoms with E-state index in [4.69, 9.17) is 0 Å². The first-order valence-corrected chi connectivity index (χ1v) is 8.35. The molecule has 3 rings (SSSR count). The zero-order valence-electron chi connectivity index (χ0n) is 11.0. The average Bonchev–Trinajstić information content (AvgIpc) is 2.51. The molecule has 3 aliphatic rings. The van der Waals surface area contributed by atoms with Crippen molar-refractivity contribution in [2.24, 2.45) is 5.41 Å². The van der Waals surface area contributed by atoms with Crippen molar-refractivity contribution in [1.82, 2.24) is 9.80 Å². The maximum Gasteiger partial charge on any atom is 0.0223 e. The number of halogens is 1. The lowest BCUT2D eigenvalue weighted by Crippen LogP contribution is -2.46. The van der Waals surface area contributed by atoms with E-state index in [-0.39, 0.29) is 0 Å². The summed E-state index contributed by atoms with van der Waals surface area (Å²) in [6, 6.07) is 1.72. The van der Waals surface area contributed by atoms with Gasteiger partial charge in [-0.3, -0.25) is 4.90 Å². The Kier molecular flexibility index (Phi) is 3.53. The van der Waals surface area contributed by atoms with E-state index in [0.717, 1.165) is 12.1 Å².